The minimum Gasteiger partial charge on any atom is -0.373 e. The molecule has 0 radical (unpaired) electrons. The number of hydrogen-bond donors (Lipinski definition) is 0. The van der Waals surface area contributed by atoms with Crippen molar-refractivity contribution in [3.63, 3.8) is 0 Å². The summed E-state index contributed by atoms with van der Waals surface area (Å²) in [5, 5.41) is 0. The summed E-state index contributed by atoms with van der Waals surface area (Å²) in [4.78, 5) is 2.44. The van der Waals surface area contributed by atoms with E-state index in [0.717, 1.165) is 6.54 Å². The predicted molar refractivity (Wildman–Crippen MR) is 90.1 cm³/mol. The van der Waals surface area contributed by atoms with Crippen LogP contribution in [0.5, 0.6) is 0 Å². The zero-order chi connectivity index (χ0) is 11.9. The van der Waals surface area contributed by atoms with Gasteiger partial charge in [0.2, 0.25) is 0 Å². The summed E-state index contributed by atoms with van der Waals surface area (Å²) >= 11 is 0. The molecule has 0 aliphatic carbocycles. The SMILES string of the molecule is CCCCCCCN1C=Cc2ccccc2C1.I. The highest BCUT2D eigenvalue weighted by molar-refractivity contribution is 14.0. The van der Waals surface area contributed by atoms with Crippen LogP contribution in [0.4, 0.5) is 0 Å². The molecule has 0 amide bonds. The van der Waals surface area contributed by atoms with Crippen LogP contribution in [0.2, 0.25) is 0 Å². The summed E-state index contributed by atoms with van der Waals surface area (Å²) in [6.07, 6.45) is 11.3. The summed E-state index contributed by atoms with van der Waals surface area (Å²) in [7, 11) is 0. The minimum atomic E-state index is 0. The standard InChI is InChI=1S/C16H23N.HI/c1-2-3-4-5-8-12-17-13-11-15-9-6-7-10-16(15)14-17;/h6-7,9-11,13H,2-5,8,12,14H2,1H3;1H. The van der Waals surface area contributed by atoms with Gasteiger partial charge in [-0.3, -0.25) is 0 Å². The average molecular weight is 357 g/mol. The van der Waals surface area contributed by atoms with Gasteiger partial charge in [-0.05, 0) is 29.8 Å². The lowest BCUT2D eigenvalue weighted by atomic mass is 10.0. The second kappa shape index (κ2) is 8.57. The Labute approximate surface area is 128 Å². The second-order valence-electron chi connectivity index (χ2n) is 4.90. The van der Waals surface area contributed by atoms with Crippen molar-refractivity contribution >= 4 is 30.1 Å². The molecule has 1 aromatic carbocycles. The van der Waals surface area contributed by atoms with Crippen LogP contribution in [0.1, 0.15) is 50.2 Å². The average Bonchev–Trinajstić information content (AvgIpc) is 2.38. The van der Waals surface area contributed by atoms with Crippen molar-refractivity contribution in [1.29, 1.82) is 0 Å². The number of hydrogen-bond acceptors (Lipinski definition) is 1. The molecule has 0 bridgehead atoms. The highest BCUT2D eigenvalue weighted by Gasteiger charge is 2.08. The summed E-state index contributed by atoms with van der Waals surface area (Å²) in [5.74, 6) is 0. The van der Waals surface area contributed by atoms with Crippen LogP contribution >= 0.6 is 24.0 Å². The van der Waals surface area contributed by atoms with E-state index in [4.69, 9.17) is 0 Å². The number of nitrogens with zero attached hydrogens (tertiary/aromatic N) is 1. The third-order valence-electron chi connectivity index (χ3n) is 3.44. The Morgan fingerprint density at radius 3 is 2.67 bits per heavy atom. The second-order valence-corrected chi connectivity index (χ2v) is 4.90. The van der Waals surface area contributed by atoms with Gasteiger partial charge in [0, 0.05) is 13.1 Å². The third kappa shape index (κ3) is 4.63. The van der Waals surface area contributed by atoms with Crippen molar-refractivity contribution in [3.05, 3.63) is 41.6 Å². The third-order valence-corrected chi connectivity index (χ3v) is 3.44. The maximum absolute atomic E-state index is 2.44. The molecule has 0 saturated carbocycles. The Balaban J connectivity index is 0.00000162. The Morgan fingerprint density at radius 2 is 1.83 bits per heavy atom. The van der Waals surface area contributed by atoms with Crippen LogP contribution in [0.3, 0.4) is 0 Å². The zero-order valence-electron chi connectivity index (χ0n) is 11.3. The minimum absolute atomic E-state index is 0. The van der Waals surface area contributed by atoms with Crippen molar-refractivity contribution in [3.8, 4) is 0 Å². The molecule has 18 heavy (non-hydrogen) atoms. The summed E-state index contributed by atoms with van der Waals surface area (Å²) in [6.45, 7) is 4.55. The van der Waals surface area contributed by atoms with Gasteiger partial charge >= 0.3 is 0 Å². The molecule has 0 aromatic heterocycles. The molecule has 1 nitrogen and oxygen atoms in total. The van der Waals surface area contributed by atoms with Crippen molar-refractivity contribution < 1.29 is 0 Å². The Morgan fingerprint density at radius 1 is 1.06 bits per heavy atom. The van der Waals surface area contributed by atoms with Crippen LogP contribution in [0.25, 0.3) is 6.08 Å². The van der Waals surface area contributed by atoms with Crippen molar-refractivity contribution in [1.82, 2.24) is 4.90 Å². The molecule has 2 heteroatoms. The molecule has 1 aromatic rings. The van der Waals surface area contributed by atoms with E-state index in [-0.39, 0.29) is 24.0 Å². The molecule has 1 heterocycles. The normalized spacial score (nSPS) is 13.1. The van der Waals surface area contributed by atoms with Crippen molar-refractivity contribution in [2.24, 2.45) is 0 Å². The van der Waals surface area contributed by atoms with E-state index in [1.807, 2.05) is 0 Å². The van der Waals surface area contributed by atoms with E-state index in [0.29, 0.717) is 0 Å². The highest BCUT2D eigenvalue weighted by atomic mass is 127. The van der Waals surface area contributed by atoms with Gasteiger partial charge in [-0.25, -0.2) is 0 Å². The van der Waals surface area contributed by atoms with Gasteiger partial charge in [0.25, 0.3) is 0 Å². The fraction of sp³-hybridized carbons (Fsp3) is 0.500. The molecule has 0 saturated heterocycles. The molecule has 0 unspecified atom stereocenters. The van der Waals surface area contributed by atoms with Gasteiger partial charge in [0.05, 0.1) is 0 Å². The van der Waals surface area contributed by atoms with Crippen LogP contribution in [-0.2, 0) is 6.54 Å². The molecule has 0 atom stereocenters. The lowest BCUT2D eigenvalue weighted by Crippen LogP contribution is -2.21. The quantitative estimate of drug-likeness (QED) is 0.508. The Hall–Kier alpha value is -0.510. The monoisotopic (exact) mass is 357 g/mol. The van der Waals surface area contributed by atoms with Gasteiger partial charge in [-0.2, -0.15) is 0 Å². The number of unbranched alkanes of at least 4 members (excludes halogenated alkanes) is 4. The van der Waals surface area contributed by atoms with E-state index < -0.39 is 0 Å². The Kier molecular flexibility index (Phi) is 7.40. The van der Waals surface area contributed by atoms with Gasteiger partial charge in [0.1, 0.15) is 0 Å². The number of rotatable bonds is 6. The smallest absolute Gasteiger partial charge is 0.0429 e. The predicted octanol–water partition coefficient (Wildman–Crippen LogP) is 5.06. The molecule has 100 valence electrons. The lowest BCUT2D eigenvalue weighted by molar-refractivity contribution is 0.353. The maximum Gasteiger partial charge on any atom is 0.0429 e. The molecular formula is C16H24IN. The topological polar surface area (TPSA) is 3.24 Å². The number of halogens is 1. The van der Waals surface area contributed by atoms with Crippen LogP contribution < -0.4 is 0 Å². The van der Waals surface area contributed by atoms with E-state index in [2.05, 4.69) is 48.4 Å². The Bertz CT molecular complexity index is 373. The largest absolute Gasteiger partial charge is 0.373 e. The highest BCUT2D eigenvalue weighted by Crippen LogP contribution is 2.19. The van der Waals surface area contributed by atoms with E-state index in [1.54, 1.807) is 0 Å². The van der Waals surface area contributed by atoms with Gasteiger partial charge in [-0.15, -0.1) is 24.0 Å². The molecule has 2 rings (SSSR count). The first-order chi connectivity index (χ1) is 8.40. The fourth-order valence-corrected chi connectivity index (χ4v) is 2.37. The maximum atomic E-state index is 2.44. The lowest BCUT2D eigenvalue weighted by Gasteiger charge is -2.25. The van der Waals surface area contributed by atoms with E-state index >= 15 is 0 Å². The molecular weight excluding hydrogens is 333 g/mol. The number of fused-ring (bicyclic) bond motifs is 1. The van der Waals surface area contributed by atoms with Crippen molar-refractivity contribution in [2.75, 3.05) is 6.54 Å². The fourth-order valence-electron chi connectivity index (χ4n) is 2.37. The van der Waals surface area contributed by atoms with Gasteiger partial charge in [0.15, 0.2) is 0 Å². The zero-order valence-corrected chi connectivity index (χ0v) is 13.6. The molecule has 0 N–H and O–H groups in total. The number of benzene rings is 1. The van der Waals surface area contributed by atoms with Crippen LogP contribution in [0, 0.1) is 0 Å². The summed E-state index contributed by atoms with van der Waals surface area (Å²) < 4.78 is 0. The first kappa shape index (κ1) is 15.5. The summed E-state index contributed by atoms with van der Waals surface area (Å²) in [5.41, 5.74) is 2.85. The first-order valence-corrected chi connectivity index (χ1v) is 6.90. The van der Waals surface area contributed by atoms with Crippen LogP contribution in [-0.4, -0.2) is 11.4 Å². The van der Waals surface area contributed by atoms with Gasteiger partial charge < -0.3 is 4.90 Å². The van der Waals surface area contributed by atoms with E-state index in [9.17, 15) is 0 Å². The van der Waals surface area contributed by atoms with Crippen molar-refractivity contribution in [2.45, 2.75) is 45.6 Å². The summed E-state index contributed by atoms with van der Waals surface area (Å²) in [6, 6.07) is 8.69. The molecule has 1 aliphatic rings. The molecule has 1 aliphatic heterocycles. The first-order valence-electron chi connectivity index (χ1n) is 6.90. The van der Waals surface area contributed by atoms with Gasteiger partial charge in [-0.1, -0.05) is 56.9 Å². The molecule has 0 fully saturated rings. The van der Waals surface area contributed by atoms with E-state index in [1.165, 1.54) is 49.8 Å². The van der Waals surface area contributed by atoms with Crippen LogP contribution in [0.15, 0.2) is 30.5 Å². The molecule has 0 spiro atoms.